The van der Waals surface area contributed by atoms with Crippen LogP contribution in [0.2, 0.25) is 0 Å². The van der Waals surface area contributed by atoms with Crippen LogP contribution in [0.15, 0.2) is 48.7 Å². The van der Waals surface area contributed by atoms with Crippen molar-refractivity contribution in [3.63, 3.8) is 0 Å². The number of nitrogens with zero attached hydrogens (tertiary/aromatic N) is 4. The number of carbonyl (C=O) groups excluding carboxylic acids is 2. The lowest BCUT2D eigenvalue weighted by Gasteiger charge is -2.41. The van der Waals surface area contributed by atoms with Crippen LogP contribution in [0, 0.1) is 29.1 Å². The Morgan fingerprint density at radius 1 is 1.08 bits per heavy atom. The number of ether oxygens (including phenoxy) is 3. The molecule has 61 heavy (non-hydrogen) atoms. The summed E-state index contributed by atoms with van der Waals surface area (Å²) in [7, 11) is 4.98. The van der Waals surface area contributed by atoms with Gasteiger partial charge in [-0.05, 0) is 132 Å². The molecule has 4 saturated carbocycles. The number of hydrogen-bond acceptors (Lipinski definition) is 12. The molecule has 2 amide bonds. The highest BCUT2D eigenvalue weighted by atomic mass is 16.6. The lowest BCUT2D eigenvalue weighted by Crippen LogP contribution is -2.63. The summed E-state index contributed by atoms with van der Waals surface area (Å²) >= 11 is 0. The number of rotatable bonds is 19. The smallest absolute Gasteiger partial charge is 0.407 e. The topological polar surface area (TPSA) is 213 Å². The average molecular weight is 843 g/mol. The number of benzene rings is 2. The highest BCUT2D eigenvalue weighted by Crippen LogP contribution is 2.62. The third-order valence-electron chi connectivity index (χ3n) is 12.2. The van der Waals surface area contributed by atoms with Gasteiger partial charge in [0.1, 0.15) is 34.0 Å². The van der Waals surface area contributed by atoms with Gasteiger partial charge in [0.05, 0.1) is 37.8 Å². The number of carboxylic acid groups (broad SMARTS) is 1. The van der Waals surface area contributed by atoms with E-state index in [0.717, 1.165) is 48.9 Å². The number of alkyl carbamates (subject to hydrolysis) is 1. The number of aromatic nitrogens is 3. The van der Waals surface area contributed by atoms with Gasteiger partial charge in [-0.3, -0.25) is 14.9 Å². The zero-order chi connectivity index (χ0) is 44.2. The van der Waals surface area contributed by atoms with E-state index in [0.29, 0.717) is 54.0 Å². The predicted molar refractivity (Wildman–Crippen MR) is 232 cm³/mol. The van der Waals surface area contributed by atoms with Crippen LogP contribution in [0.3, 0.4) is 0 Å². The van der Waals surface area contributed by atoms with Gasteiger partial charge >= 0.3 is 12.1 Å². The number of aryl methyl sites for hydroxylation is 1. The monoisotopic (exact) mass is 842 g/mol. The van der Waals surface area contributed by atoms with Gasteiger partial charge in [0.2, 0.25) is 0 Å². The van der Waals surface area contributed by atoms with E-state index in [-0.39, 0.29) is 30.2 Å². The minimum Gasteiger partial charge on any atom is -0.496 e. The Morgan fingerprint density at radius 3 is 2.44 bits per heavy atom. The highest BCUT2D eigenvalue weighted by Gasteiger charge is 2.67. The van der Waals surface area contributed by atoms with E-state index < -0.39 is 40.9 Å². The van der Waals surface area contributed by atoms with E-state index in [1.807, 2.05) is 36.3 Å². The molecule has 330 valence electrons. The van der Waals surface area contributed by atoms with Gasteiger partial charge in [0, 0.05) is 30.9 Å². The Balaban J connectivity index is 1.17. The maximum atomic E-state index is 13.9. The van der Waals surface area contributed by atoms with E-state index in [1.54, 1.807) is 43.7 Å². The molecule has 0 spiro atoms. The number of amides is 2. The highest BCUT2D eigenvalue weighted by molar-refractivity contribution is 6.43. The Kier molecular flexibility index (Phi) is 13.8. The van der Waals surface area contributed by atoms with Crippen molar-refractivity contribution in [2.24, 2.45) is 23.7 Å². The van der Waals surface area contributed by atoms with Crippen molar-refractivity contribution in [1.29, 1.82) is 5.41 Å². The zero-order valence-corrected chi connectivity index (χ0v) is 36.6. The number of anilines is 1. The second-order valence-electron chi connectivity index (χ2n) is 18.1. The quantitative estimate of drug-likeness (QED) is 0.0794. The number of aliphatic hydroxyl groups excluding tert-OH is 1. The largest absolute Gasteiger partial charge is 0.496 e. The molecule has 4 aliphatic carbocycles. The Hall–Kier alpha value is -5.48. The number of hydrogen-bond donors (Lipinski definition) is 6. The van der Waals surface area contributed by atoms with Crippen molar-refractivity contribution in [3.05, 3.63) is 59.8 Å². The van der Waals surface area contributed by atoms with Crippen LogP contribution in [0.5, 0.6) is 11.5 Å². The molecule has 0 radical (unpaired) electrons. The van der Waals surface area contributed by atoms with Crippen LogP contribution >= 0.6 is 0 Å². The zero-order valence-electron chi connectivity index (χ0n) is 36.6. The SMILES string of the molecule is COc1cccc(OC)c1/C(=C/C(=N)C(=O)NC1(C(=O)O)C2CC3CC2C[C@@H]1C3)Nc1ccc(-c2cn(CCCN(C)C[C@@H](O)CNC(=O)OC(C)(C)C)nn2)cc1C(C)C. The third-order valence-corrected chi connectivity index (χ3v) is 12.2. The van der Waals surface area contributed by atoms with Crippen LogP contribution in [0.1, 0.15) is 83.8 Å². The molecule has 1 heterocycles. The lowest BCUT2D eigenvalue weighted by molar-refractivity contribution is -0.152. The molecule has 0 aliphatic heterocycles. The van der Waals surface area contributed by atoms with Gasteiger partial charge in [-0.1, -0.05) is 31.2 Å². The molecule has 16 nitrogen and oxygen atoms in total. The molecule has 4 bridgehead atoms. The standard InChI is InChI=1S/C45H62N8O8/c1-26(2)32-21-28(37-25-53(51-50-37)16-10-15-52(6)24-31(54)23-47-43(58)61-44(3,4)5)13-14-35(32)48-36(40-38(59-7)11-9-12-39(40)60-8)22-34(46)41(55)49-45(42(56)57)30-18-27-17-29(20-30)33(45)19-27/h9,11-14,21-22,25-27,29-31,33,46,48,54H,10,15-20,23-24H2,1-8H3,(H,47,58)(H,49,55)(H,56,57)/b36-22-,46-34?/t27?,29?,30-,31-,33?,45?/m0/s1. The first-order valence-corrected chi connectivity index (χ1v) is 21.1. The fraction of sp³-hybridized carbons (Fsp3) is 0.556. The predicted octanol–water partition coefficient (Wildman–Crippen LogP) is 5.77. The second kappa shape index (κ2) is 18.6. The molecule has 0 saturated heterocycles. The number of carboxylic acids is 1. The van der Waals surface area contributed by atoms with Crippen molar-refractivity contribution in [1.82, 2.24) is 30.5 Å². The van der Waals surface area contributed by atoms with Crippen molar-refractivity contribution in [2.75, 3.05) is 46.2 Å². The molecule has 3 aromatic rings. The van der Waals surface area contributed by atoms with Gasteiger partial charge in [0.25, 0.3) is 5.91 Å². The number of carbonyl (C=O) groups is 3. The first-order valence-electron chi connectivity index (χ1n) is 21.1. The second-order valence-corrected chi connectivity index (χ2v) is 18.1. The van der Waals surface area contributed by atoms with E-state index in [9.17, 15) is 24.6 Å². The van der Waals surface area contributed by atoms with Crippen LogP contribution in [0.4, 0.5) is 10.5 Å². The number of methoxy groups -OCH3 is 2. The normalized spacial score (nSPS) is 22.3. The minimum atomic E-state index is -1.38. The van der Waals surface area contributed by atoms with Gasteiger partial charge in [0.15, 0.2) is 0 Å². The fourth-order valence-electron chi connectivity index (χ4n) is 9.66. The Labute approximate surface area is 357 Å². The van der Waals surface area contributed by atoms with E-state index >= 15 is 0 Å². The van der Waals surface area contributed by atoms with Gasteiger partial charge in [-0.15, -0.1) is 5.10 Å². The average Bonchev–Trinajstić information content (AvgIpc) is 3.85. The molecule has 16 heteroatoms. The van der Waals surface area contributed by atoms with Crippen LogP contribution in [-0.4, -0.2) is 112 Å². The number of aliphatic carboxylic acids is 1. The number of nitrogens with one attached hydrogen (secondary N) is 4. The van der Waals surface area contributed by atoms with Crippen molar-refractivity contribution in [2.45, 2.75) is 96.4 Å². The molecule has 6 atom stereocenters. The lowest BCUT2D eigenvalue weighted by atomic mass is 9.70. The molecule has 4 fully saturated rings. The molecule has 2 aromatic carbocycles. The van der Waals surface area contributed by atoms with E-state index in [1.165, 1.54) is 20.3 Å². The molecule has 1 aromatic heterocycles. The first-order chi connectivity index (χ1) is 28.9. The van der Waals surface area contributed by atoms with Gasteiger partial charge < -0.3 is 45.3 Å². The van der Waals surface area contributed by atoms with Crippen LogP contribution in [0.25, 0.3) is 17.0 Å². The van der Waals surface area contributed by atoms with Crippen LogP contribution < -0.4 is 25.4 Å². The summed E-state index contributed by atoms with van der Waals surface area (Å²) in [6, 6.07) is 11.2. The Bertz CT molecular complexity index is 2100. The summed E-state index contributed by atoms with van der Waals surface area (Å²) in [5.74, 6) is -0.316. The van der Waals surface area contributed by atoms with Crippen LogP contribution in [-0.2, 0) is 20.9 Å². The van der Waals surface area contributed by atoms with E-state index in [4.69, 9.17) is 19.6 Å². The fourth-order valence-corrected chi connectivity index (χ4v) is 9.66. The molecular weight excluding hydrogens is 781 g/mol. The van der Waals surface area contributed by atoms with Crippen molar-refractivity contribution < 1.29 is 38.8 Å². The summed E-state index contributed by atoms with van der Waals surface area (Å²) in [6.45, 7) is 11.2. The molecule has 7 rings (SSSR count). The molecule has 4 aliphatic rings. The van der Waals surface area contributed by atoms with Gasteiger partial charge in [-0.2, -0.15) is 0 Å². The van der Waals surface area contributed by atoms with Gasteiger partial charge in [-0.25, -0.2) is 9.59 Å². The summed E-state index contributed by atoms with van der Waals surface area (Å²) in [5, 5.41) is 47.8. The Morgan fingerprint density at radius 2 is 1.80 bits per heavy atom. The van der Waals surface area contributed by atoms with Crippen molar-refractivity contribution in [3.8, 4) is 22.8 Å². The maximum absolute atomic E-state index is 13.9. The summed E-state index contributed by atoms with van der Waals surface area (Å²) in [5.41, 5.74) is 1.67. The molecule has 4 unspecified atom stereocenters. The minimum absolute atomic E-state index is 0.0368. The molecule has 6 N–H and O–H groups in total. The van der Waals surface area contributed by atoms with Crippen molar-refractivity contribution >= 4 is 35.1 Å². The number of likely N-dealkylation sites (N-methyl/N-ethyl adjacent to an activating group) is 1. The summed E-state index contributed by atoms with van der Waals surface area (Å²) in [6.07, 6.45) is 6.10. The number of aliphatic hydroxyl groups is 1. The maximum Gasteiger partial charge on any atom is 0.407 e. The van der Waals surface area contributed by atoms with E-state index in [2.05, 4.69) is 40.1 Å². The summed E-state index contributed by atoms with van der Waals surface area (Å²) in [4.78, 5) is 40.8. The molecular formula is C45H62N8O8. The first kappa shape index (κ1) is 45.1. The summed E-state index contributed by atoms with van der Waals surface area (Å²) < 4.78 is 18.5. The third kappa shape index (κ3) is 10.2.